The van der Waals surface area contributed by atoms with Gasteiger partial charge in [0, 0.05) is 23.7 Å². The topological polar surface area (TPSA) is 58.3 Å². The summed E-state index contributed by atoms with van der Waals surface area (Å²) in [7, 11) is 0. The lowest BCUT2D eigenvalue weighted by molar-refractivity contribution is -0.137. The summed E-state index contributed by atoms with van der Waals surface area (Å²) in [6.45, 7) is 1.47. The summed E-state index contributed by atoms with van der Waals surface area (Å²) in [6.07, 6.45) is -3.70. The number of alkyl halides is 3. The fraction of sp³-hybridized carbons (Fsp3) is 0.538. The number of hydrogen-bond donors (Lipinski definition) is 3. The van der Waals surface area contributed by atoms with Crippen LogP contribution in [0.3, 0.4) is 0 Å². The van der Waals surface area contributed by atoms with Gasteiger partial charge in [-0.05, 0) is 37.6 Å². The first-order valence-corrected chi connectivity index (χ1v) is 6.25. The van der Waals surface area contributed by atoms with Gasteiger partial charge in [0.1, 0.15) is 0 Å². The maximum Gasteiger partial charge on any atom is 0.416 e. The molecule has 1 heterocycles. The molecule has 0 saturated carbocycles. The summed E-state index contributed by atoms with van der Waals surface area (Å²) in [5, 5.41) is 13.4. The number of aliphatic hydroxyl groups excluding tert-OH is 1. The number of benzene rings is 1. The summed E-state index contributed by atoms with van der Waals surface area (Å²) < 4.78 is 38.0. The van der Waals surface area contributed by atoms with Crippen LogP contribution in [0.5, 0.6) is 0 Å². The van der Waals surface area contributed by atoms with Crippen LogP contribution in [0, 0.1) is 5.92 Å². The van der Waals surface area contributed by atoms with E-state index < -0.39 is 17.8 Å². The molecule has 2 unspecified atom stereocenters. The molecule has 1 aromatic rings. The van der Waals surface area contributed by atoms with Crippen molar-refractivity contribution in [2.24, 2.45) is 5.92 Å². The van der Waals surface area contributed by atoms with Crippen LogP contribution in [-0.2, 0) is 6.18 Å². The highest BCUT2D eigenvalue weighted by atomic mass is 19.4. The quantitative estimate of drug-likeness (QED) is 0.725. The van der Waals surface area contributed by atoms with Gasteiger partial charge in [-0.1, -0.05) is 0 Å². The molecule has 0 radical (unpaired) electrons. The third-order valence-corrected chi connectivity index (χ3v) is 3.51. The Morgan fingerprint density at radius 2 is 2.11 bits per heavy atom. The Hall–Kier alpha value is -1.27. The van der Waals surface area contributed by atoms with Crippen molar-refractivity contribution in [2.45, 2.75) is 25.1 Å². The summed E-state index contributed by atoms with van der Waals surface area (Å²) in [5.41, 5.74) is 5.28. The molecular formula is C13H17F3N2O. The van der Waals surface area contributed by atoms with E-state index in [9.17, 15) is 18.3 Å². The van der Waals surface area contributed by atoms with Gasteiger partial charge in [0.15, 0.2) is 0 Å². The molecule has 4 N–H and O–H groups in total. The Labute approximate surface area is 109 Å². The number of nitrogens with one attached hydrogen (secondary N) is 1. The molecule has 1 saturated heterocycles. The first-order chi connectivity index (χ1) is 8.89. The van der Waals surface area contributed by atoms with E-state index in [1.807, 2.05) is 0 Å². The lowest BCUT2D eigenvalue weighted by Crippen LogP contribution is -2.33. The monoisotopic (exact) mass is 274 g/mol. The first kappa shape index (κ1) is 14.1. The number of rotatable bonds is 2. The van der Waals surface area contributed by atoms with Crippen LogP contribution in [0.15, 0.2) is 18.2 Å². The minimum Gasteiger partial charge on any atom is -0.398 e. The SMILES string of the molecule is Nc1ccc(C(F)(F)F)cc1C(O)C1CCCNC1. The molecule has 106 valence electrons. The molecule has 1 aliphatic heterocycles. The van der Waals surface area contributed by atoms with E-state index in [0.717, 1.165) is 31.5 Å². The van der Waals surface area contributed by atoms with Gasteiger partial charge in [-0.25, -0.2) is 0 Å². The highest BCUT2D eigenvalue weighted by molar-refractivity contribution is 5.50. The lowest BCUT2D eigenvalue weighted by Gasteiger charge is -2.28. The second-order valence-corrected chi connectivity index (χ2v) is 4.89. The second-order valence-electron chi connectivity index (χ2n) is 4.89. The molecule has 2 atom stereocenters. The van der Waals surface area contributed by atoms with E-state index >= 15 is 0 Å². The third-order valence-electron chi connectivity index (χ3n) is 3.51. The minimum atomic E-state index is -4.42. The molecule has 1 aliphatic rings. The number of hydrogen-bond acceptors (Lipinski definition) is 3. The standard InChI is InChI=1S/C13H17F3N2O/c14-13(15,16)9-3-4-11(17)10(6-9)12(19)8-2-1-5-18-7-8/h3-4,6,8,12,18-19H,1-2,5,7,17H2. The van der Waals surface area contributed by atoms with Crippen molar-refractivity contribution in [1.82, 2.24) is 5.32 Å². The smallest absolute Gasteiger partial charge is 0.398 e. The van der Waals surface area contributed by atoms with Crippen molar-refractivity contribution < 1.29 is 18.3 Å². The number of nitrogens with two attached hydrogens (primary N) is 1. The Balaban J connectivity index is 2.27. The molecule has 1 aromatic carbocycles. The zero-order valence-corrected chi connectivity index (χ0v) is 10.4. The summed E-state index contributed by atoms with van der Waals surface area (Å²) >= 11 is 0. The Morgan fingerprint density at radius 3 is 2.68 bits per heavy atom. The second kappa shape index (κ2) is 5.38. The average Bonchev–Trinajstić information content (AvgIpc) is 2.38. The molecule has 6 heteroatoms. The van der Waals surface area contributed by atoms with E-state index in [0.29, 0.717) is 6.54 Å². The Bertz CT molecular complexity index is 442. The maximum atomic E-state index is 12.7. The zero-order chi connectivity index (χ0) is 14.0. The molecule has 2 rings (SSSR count). The van der Waals surface area contributed by atoms with Gasteiger partial charge in [0.25, 0.3) is 0 Å². The van der Waals surface area contributed by atoms with Gasteiger partial charge >= 0.3 is 6.18 Å². The fourth-order valence-corrected chi connectivity index (χ4v) is 2.41. The Morgan fingerprint density at radius 1 is 1.37 bits per heavy atom. The van der Waals surface area contributed by atoms with Crippen molar-refractivity contribution in [1.29, 1.82) is 0 Å². The molecule has 0 bridgehead atoms. The molecule has 0 amide bonds. The van der Waals surface area contributed by atoms with E-state index in [2.05, 4.69) is 5.32 Å². The molecule has 3 nitrogen and oxygen atoms in total. The zero-order valence-electron chi connectivity index (χ0n) is 10.4. The van der Waals surface area contributed by atoms with E-state index in [-0.39, 0.29) is 17.2 Å². The summed E-state index contributed by atoms with van der Waals surface area (Å²) in [6, 6.07) is 3.09. The molecule has 19 heavy (non-hydrogen) atoms. The van der Waals surface area contributed by atoms with Crippen LogP contribution in [0.4, 0.5) is 18.9 Å². The van der Waals surface area contributed by atoms with Crippen LogP contribution >= 0.6 is 0 Å². The predicted molar refractivity (Wildman–Crippen MR) is 66.4 cm³/mol. The number of piperidine rings is 1. The molecule has 0 aliphatic carbocycles. The van der Waals surface area contributed by atoms with Crippen molar-refractivity contribution in [3.8, 4) is 0 Å². The summed E-state index contributed by atoms with van der Waals surface area (Å²) in [5.74, 6) is -0.0977. The van der Waals surface area contributed by atoms with Crippen LogP contribution in [0.1, 0.15) is 30.1 Å². The third kappa shape index (κ3) is 3.19. The van der Waals surface area contributed by atoms with Crippen LogP contribution in [0.2, 0.25) is 0 Å². The fourth-order valence-electron chi connectivity index (χ4n) is 2.41. The minimum absolute atomic E-state index is 0.0977. The van der Waals surface area contributed by atoms with Gasteiger partial charge in [-0.2, -0.15) is 13.2 Å². The van der Waals surface area contributed by atoms with Crippen molar-refractivity contribution >= 4 is 5.69 Å². The lowest BCUT2D eigenvalue weighted by atomic mass is 9.88. The van der Waals surface area contributed by atoms with Gasteiger partial charge < -0.3 is 16.2 Å². The van der Waals surface area contributed by atoms with Crippen molar-refractivity contribution in [2.75, 3.05) is 18.8 Å². The number of nitrogen functional groups attached to an aromatic ring is 1. The molecular weight excluding hydrogens is 257 g/mol. The van der Waals surface area contributed by atoms with E-state index in [1.165, 1.54) is 6.07 Å². The average molecular weight is 274 g/mol. The molecule has 1 fully saturated rings. The van der Waals surface area contributed by atoms with Crippen molar-refractivity contribution in [3.63, 3.8) is 0 Å². The maximum absolute atomic E-state index is 12.7. The van der Waals surface area contributed by atoms with Crippen LogP contribution < -0.4 is 11.1 Å². The summed E-state index contributed by atoms with van der Waals surface area (Å²) in [4.78, 5) is 0. The van der Waals surface area contributed by atoms with Crippen molar-refractivity contribution in [3.05, 3.63) is 29.3 Å². The highest BCUT2D eigenvalue weighted by Crippen LogP contribution is 2.36. The Kier molecular flexibility index (Phi) is 4.01. The highest BCUT2D eigenvalue weighted by Gasteiger charge is 2.32. The van der Waals surface area contributed by atoms with Gasteiger partial charge in [0.05, 0.1) is 11.7 Å². The normalized spacial score (nSPS) is 22.2. The number of aliphatic hydroxyl groups is 1. The van der Waals surface area contributed by atoms with Crippen LogP contribution in [-0.4, -0.2) is 18.2 Å². The molecule has 0 aromatic heterocycles. The first-order valence-electron chi connectivity index (χ1n) is 6.25. The van der Waals surface area contributed by atoms with E-state index in [4.69, 9.17) is 5.73 Å². The molecule has 0 spiro atoms. The van der Waals surface area contributed by atoms with Crippen LogP contribution in [0.25, 0.3) is 0 Å². The predicted octanol–water partition coefficient (Wildman–Crippen LogP) is 2.32. The number of halogens is 3. The number of anilines is 1. The van der Waals surface area contributed by atoms with Gasteiger partial charge in [0.2, 0.25) is 0 Å². The van der Waals surface area contributed by atoms with E-state index in [1.54, 1.807) is 0 Å². The largest absolute Gasteiger partial charge is 0.416 e. The van der Waals surface area contributed by atoms with Gasteiger partial charge in [-0.15, -0.1) is 0 Å². The van der Waals surface area contributed by atoms with Gasteiger partial charge in [-0.3, -0.25) is 0 Å².